The SMILES string of the molecule is COc1ccc2c(c1)C(=O)N(C[C@@](O)(C(=O)O)c1cc3cnccc3[nH]1)C2. The molecule has 8 nitrogen and oxygen atoms in total. The van der Waals surface area contributed by atoms with E-state index in [0.29, 0.717) is 22.2 Å². The van der Waals surface area contributed by atoms with Crippen LogP contribution in [0.5, 0.6) is 5.75 Å². The van der Waals surface area contributed by atoms with Gasteiger partial charge in [0.15, 0.2) is 0 Å². The summed E-state index contributed by atoms with van der Waals surface area (Å²) >= 11 is 0. The molecule has 0 spiro atoms. The van der Waals surface area contributed by atoms with Gasteiger partial charge in [0.05, 0.1) is 19.3 Å². The number of aromatic amines is 1. The summed E-state index contributed by atoms with van der Waals surface area (Å²) in [7, 11) is 1.51. The molecule has 1 atom stereocenters. The number of β-amino-alcohol motifs (C(OH)–C–C–N with tert-alkyl or cyclic N) is 1. The Kier molecular flexibility index (Phi) is 3.85. The lowest BCUT2D eigenvalue weighted by molar-refractivity contribution is -0.161. The Labute approximate surface area is 154 Å². The van der Waals surface area contributed by atoms with Gasteiger partial charge in [-0.3, -0.25) is 9.78 Å². The van der Waals surface area contributed by atoms with Gasteiger partial charge in [0.2, 0.25) is 5.60 Å². The first kappa shape index (κ1) is 17.0. The molecular weight excluding hydrogens is 350 g/mol. The first-order valence-corrected chi connectivity index (χ1v) is 8.27. The lowest BCUT2D eigenvalue weighted by Gasteiger charge is -2.28. The molecule has 0 fully saturated rings. The van der Waals surface area contributed by atoms with E-state index in [1.54, 1.807) is 36.7 Å². The van der Waals surface area contributed by atoms with Crippen molar-refractivity contribution >= 4 is 22.8 Å². The number of fused-ring (bicyclic) bond motifs is 2. The number of hydrogen-bond acceptors (Lipinski definition) is 5. The molecule has 3 N–H and O–H groups in total. The van der Waals surface area contributed by atoms with Crippen molar-refractivity contribution in [3.05, 3.63) is 59.5 Å². The highest BCUT2D eigenvalue weighted by Crippen LogP contribution is 2.31. The van der Waals surface area contributed by atoms with E-state index in [9.17, 15) is 19.8 Å². The van der Waals surface area contributed by atoms with Gasteiger partial charge in [0, 0.05) is 35.4 Å². The van der Waals surface area contributed by atoms with Crippen molar-refractivity contribution in [2.45, 2.75) is 12.1 Å². The van der Waals surface area contributed by atoms with Crippen LogP contribution in [-0.2, 0) is 16.9 Å². The molecule has 1 amide bonds. The fraction of sp³-hybridized carbons (Fsp3) is 0.211. The number of aromatic nitrogens is 2. The van der Waals surface area contributed by atoms with Crippen LogP contribution in [0.25, 0.3) is 10.9 Å². The Morgan fingerprint density at radius 1 is 1.37 bits per heavy atom. The monoisotopic (exact) mass is 367 g/mol. The number of methoxy groups -OCH3 is 1. The van der Waals surface area contributed by atoms with Gasteiger partial charge >= 0.3 is 5.97 Å². The normalized spacial score (nSPS) is 15.6. The summed E-state index contributed by atoms with van der Waals surface area (Å²) in [6.45, 7) is -0.173. The predicted octanol–water partition coefficient (Wildman–Crippen LogP) is 1.50. The molecule has 1 aliphatic rings. The average Bonchev–Trinajstić information content (AvgIpc) is 3.23. The van der Waals surface area contributed by atoms with E-state index in [2.05, 4.69) is 9.97 Å². The third kappa shape index (κ3) is 2.70. The van der Waals surface area contributed by atoms with Gasteiger partial charge in [0.1, 0.15) is 5.75 Å². The molecule has 1 aromatic carbocycles. The third-order valence-electron chi connectivity index (χ3n) is 4.84. The van der Waals surface area contributed by atoms with E-state index < -0.39 is 18.1 Å². The second kappa shape index (κ2) is 6.10. The van der Waals surface area contributed by atoms with Crippen LogP contribution in [0.3, 0.4) is 0 Å². The van der Waals surface area contributed by atoms with Gasteiger partial charge in [-0.25, -0.2) is 4.79 Å². The Bertz CT molecular complexity index is 1030. The van der Waals surface area contributed by atoms with Crippen molar-refractivity contribution in [3.8, 4) is 5.75 Å². The summed E-state index contributed by atoms with van der Waals surface area (Å²) in [5, 5.41) is 21.3. The van der Waals surface area contributed by atoms with E-state index in [-0.39, 0.29) is 18.1 Å². The molecule has 0 aliphatic carbocycles. The summed E-state index contributed by atoms with van der Waals surface area (Å²) < 4.78 is 5.14. The number of ether oxygens (including phenoxy) is 1. The standard InChI is InChI=1S/C19H17N3O5/c1-27-13-3-2-11-9-22(17(23)14(11)7-13)10-19(26,18(24)25)16-6-12-8-20-5-4-15(12)21-16/h2-8,21,26H,9-10H2,1H3,(H,24,25)/t19-/m0/s1. The lowest BCUT2D eigenvalue weighted by atomic mass is 9.99. The summed E-state index contributed by atoms with van der Waals surface area (Å²) in [4.78, 5) is 32.9. The quantitative estimate of drug-likeness (QED) is 0.629. The van der Waals surface area contributed by atoms with Gasteiger partial charge in [0.25, 0.3) is 5.91 Å². The third-order valence-corrected chi connectivity index (χ3v) is 4.84. The van der Waals surface area contributed by atoms with E-state index in [1.807, 2.05) is 0 Å². The van der Waals surface area contributed by atoms with Crippen molar-refractivity contribution in [1.29, 1.82) is 0 Å². The Morgan fingerprint density at radius 2 is 2.19 bits per heavy atom. The fourth-order valence-corrected chi connectivity index (χ4v) is 3.33. The number of benzene rings is 1. The molecule has 138 valence electrons. The molecule has 0 saturated heterocycles. The highest BCUT2D eigenvalue weighted by molar-refractivity contribution is 5.99. The average molecular weight is 367 g/mol. The fourth-order valence-electron chi connectivity index (χ4n) is 3.33. The van der Waals surface area contributed by atoms with Crippen LogP contribution in [0, 0.1) is 0 Å². The summed E-state index contributed by atoms with van der Waals surface area (Å²) in [6, 6.07) is 8.34. The summed E-state index contributed by atoms with van der Waals surface area (Å²) in [5.41, 5.74) is -0.321. The number of hydrogen-bond donors (Lipinski definition) is 3. The van der Waals surface area contributed by atoms with Crippen molar-refractivity contribution in [3.63, 3.8) is 0 Å². The van der Waals surface area contributed by atoms with Gasteiger partial charge < -0.3 is 24.8 Å². The van der Waals surface area contributed by atoms with Crippen LogP contribution in [0.1, 0.15) is 21.6 Å². The molecule has 3 aromatic rings. The zero-order valence-electron chi connectivity index (χ0n) is 14.5. The van der Waals surface area contributed by atoms with E-state index in [4.69, 9.17) is 4.74 Å². The minimum atomic E-state index is -2.28. The molecule has 3 heterocycles. The van der Waals surface area contributed by atoms with Crippen molar-refractivity contribution in [2.75, 3.05) is 13.7 Å². The summed E-state index contributed by atoms with van der Waals surface area (Å²) in [5.74, 6) is -1.25. The van der Waals surface area contributed by atoms with Crippen LogP contribution in [0.2, 0.25) is 0 Å². The van der Waals surface area contributed by atoms with Crippen molar-refractivity contribution in [2.24, 2.45) is 0 Å². The first-order valence-electron chi connectivity index (χ1n) is 8.27. The largest absolute Gasteiger partial charge is 0.497 e. The highest BCUT2D eigenvalue weighted by atomic mass is 16.5. The predicted molar refractivity (Wildman–Crippen MR) is 95.4 cm³/mol. The van der Waals surface area contributed by atoms with Crippen molar-refractivity contribution in [1.82, 2.24) is 14.9 Å². The number of amides is 1. The number of H-pyrrole nitrogens is 1. The molecule has 0 saturated carbocycles. The van der Waals surface area contributed by atoms with Crippen LogP contribution < -0.4 is 4.74 Å². The number of carbonyl (C=O) groups excluding carboxylic acids is 1. The van der Waals surface area contributed by atoms with Crippen LogP contribution in [0.4, 0.5) is 0 Å². The molecule has 0 bridgehead atoms. The number of rotatable bonds is 5. The first-order chi connectivity index (χ1) is 12.9. The van der Waals surface area contributed by atoms with Gasteiger partial charge in [-0.2, -0.15) is 0 Å². The van der Waals surface area contributed by atoms with E-state index in [0.717, 1.165) is 5.56 Å². The summed E-state index contributed by atoms with van der Waals surface area (Å²) in [6.07, 6.45) is 3.14. The number of pyridine rings is 1. The van der Waals surface area contributed by atoms with E-state index >= 15 is 0 Å². The van der Waals surface area contributed by atoms with Crippen LogP contribution in [-0.4, -0.2) is 50.6 Å². The molecule has 0 radical (unpaired) electrons. The maximum absolute atomic E-state index is 12.7. The highest BCUT2D eigenvalue weighted by Gasteiger charge is 2.44. The number of aliphatic carboxylic acids is 1. The maximum atomic E-state index is 12.7. The number of carboxylic acids is 1. The molecule has 2 aromatic heterocycles. The second-order valence-corrected chi connectivity index (χ2v) is 6.50. The molecular formula is C19H17N3O5. The number of nitrogens with one attached hydrogen (secondary N) is 1. The molecule has 0 unspecified atom stereocenters. The zero-order chi connectivity index (χ0) is 19.2. The Morgan fingerprint density at radius 3 is 2.89 bits per heavy atom. The molecule has 8 heteroatoms. The van der Waals surface area contributed by atoms with Crippen LogP contribution >= 0.6 is 0 Å². The van der Waals surface area contributed by atoms with Gasteiger partial charge in [-0.15, -0.1) is 0 Å². The van der Waals surface area contributed by atoms with Crippen molar-refractivity contribution < 1.29 is 24.5 Å². The number of carbonyl (C=O) groups is 2. The minimum Gasteiger partial charge on any atom is -0.497 e. The zero-order valence-corrected chi connectivity index (χ0v) is 14.5. The topological polar surface area (TPSA) is 116 Å². The maximum Gasteiger partial charge on any atom is 0.343 e. The van der Waals surface area contributed by atoms with E-state index in [1.165, 1.54) is 18.1 Å². The molecule has 27 heavy (non-hydrogen) atoms. The number of aliphatic hydroxyl groups is 1. The molecule has 1 aliphatic heterocycles. The molecule has 4 rings (SSSR count). The van der Waals surface area contributed by atoms with Gasteiger partial charge in [-0.05, 0) is 29.8 Å². The second-order valence-electron chi connectivity index (χ2n) is 6.50. The lowest BCUT2D eigenvalue weighted by Crippen LogP contribution is -2.47. The van der Waals surface area contributed by atoms with Gasteiger partial charge in [-0.1, -0.05) is 6.07 Å². The number of nitrogens with zero attached hydrogens (tertiary/aromatic N) is 2. The van der Waals surface area contributed by atoms with Crippen LogP contribution in [0.15, 0.2) is 42.7 Å². The Hall–Kier alpha value is -3.39. The number of carboxylic acid groups (broad SMARTS) is 1. The Balaban J connectivity index is 1.68. The smallest absolute Gasteiger partial charge is 0.343 e. The minimum absolute atomic E-state index is 0.0966.